The molecule has 5 nitrogen and oxygen atoms in total. The van der Waals surface area contributed by atoms with Crippen molar-refractivity contribution in [3.8, 4) is 0 Å². The lowest BCUT2D eigenvalue weighted by atomic mass is 9.85. The maximum absolute atomic E-state index is 13.3. The maximum Gasteiger partial charge on any atom is 0.251 e. The summed E-state index contributed by atoms with van der Waals surface area (Å²) < 4.78 is 39.1. The van der Waals surface area contributed by atoms with Gasteiger partial charge in [0.1, 0.15) is 5.82 Å². The molecule has 0 radical (unpaired) electrons. The van der Waals surface area contributed by atoms with Gasteiger partial charge in [0.05, 0.1) is 17.5 Å². The predicted octanol–water partition coefficient (Wildman–Crippen LogP) is 4.27. The van der Waals surface area contributed by atoms with Gasteiger partial charge in [-0.25, -0.2) is 12.8 Å². The summed E-state index contributed by atoms with van der Waals surface area (Å²) in [5, 5.41) is 3.03. The number of carbonyl (C=O) groups excluding carboxylic acids is 1. The molecule has 1 saturated heterocycles. The summed E-state index contributed by atoms with van der Waals surface area (Å²) >= 11 is 0. The topological polar surface area (TPSA) is 66.5 Å². The molecule has 29 heavy (non-hydrogen) atoms. The molecule has 0 aliphatic carbocycles. The van der Waals surface area contributed by atoms with Crippen LogP contribution < -0.4 is 9.62 Å². The zero-order valence-corrected chi connectivity index (χ0v) is 17.8. The Morgan fingerprint density at radius 1 is 1.17 bits per heavy atom. The van der Waals surface area contributed by atoms with Crippen LogP contribution >= 0.6 is 0 Å². The van der Waals surface area contributed by atoms with E-state index in [1.807, 2.05) is 0 Å². The molecule has 1 heterocycles. The fourth-order valence-corrected chi connectivity index (χ4v) is 5.09. The highest BCUT2D eigenvalue weighted by atomic mass is 32.2. The maximum atomic E-state index is 13.3. The summed E-state index contributed by atoms with van der Waals surface area (Å²) in [6, 6.07) is 12.5. The Morgan fingerprint density at radius 2 is 1.86 bits per heavy atom. The van der Waals surface area contributed by atoms with Gasteiger partial charge in [-0.2, -0.15) is 0 Å². The molecule has 0 bridgehead atoms. The number of hydrogen-bond acceptors (Lipinski definition) is 3. The van der Waals surface area contributed by atoms with E-state index in [0.717, 1.165) is 5.56 Å². The molecule has 0 saturated carbocycles. The van der Waals surface area contributed by atoms with Crippen molar-refractivity contribution >= 4 is 21.6 Å². The molecule has 1 amide bonds. The quantitative estimate of drug-likeness (QED) is 0.788. The van der Waals surface area contributed by atoms with Crippen molar-refractivity contribution in [2.75, 3.05) is 16.6 Å². The number of sulfonamides is 1. The number of carbonyl (C=O) groups is 1. The van der Waals surface area contributed by atoms with E-state index < -0.39 is 10.0 Å². The molecule has 1 aliphatic rings. The zero-order chi connectivity index (χ0) is 21.2. The summed E-state index contributed by atoms with van der Waals surface area (Å²) in [5.74, 6) is -0.488. The number of hydrogen-bond donors (Lipinski definition) is 1. The van der Waals surface area contributed by atoms with Crippen LogP contribution in [0.3, 0.4) is 0 Å². The average Bonchev–Trinajstić information content (AvgIpc) is 3.00. The van der Waals surface area contributed by atoms with Gasteiger partial charge >= 0.3 is 0 Å². The molecule has 1 atom stereocenters. The highest BCUT2D eigenvalue weighted by Gasteiger charge is 2.29. The minimum absolute atomic E-state index is 0.0577. The Kier molecular flexibility index (Phi) is 5.98. The Labute approximate surface area is 172 Å². The van der Waals surface area contributed by atoms with Crippen molar-refractivity contribution in [3.63, 3.8) is 0 Å². The Hall–Kier alpha value is -2.41. The lowest BCUT2D eigenvalue weighted by Crippen LogP contribution is -2.31. The van der Waals surface area contributed by atoms with Crippen molar-refractivity contribution < 1.29 is 17.6 Å². The van der Waals surface area contributed by atoms with E-state index in [9.17, 15) is 17.6 Å². The fraction of sp³-hybridized carbons (Fsp3) is 0.409. The first-order chi connectivity index (χ1) is 13.5. The van der Waals surface area contributed by atoms with Gasteiger partial charge in [0.2, 0.25) is 10.0 Å². The molecule has 1 aliphatic heterocycles. The van der Waals surface area contributed by atoms with E-state index in [1.54, 1.807) is 36.4 Å². The highest BCUT2D eigenvalue weighted by molar-refractivity contribution is 7.93. The molecule has 0 unspecified atom stereocenters. The summed E-state index contributed by atoms with van der Waals surface area (Å²) in [5.41, 5.74) is 1.67. The number of rotatable bonds is 5. The first-order valence-electron chi connectivity index (χ1n) is 9.72. The largest absolute Gasteiger partial charge is 0.345 e. The van der Waals surface area contributed by atoms with E-state index in [2.05, 4.69) is 26.1 Å². The molecular formula is C22H27FN2O3S. The van der Waals surface area contributed by atoms with Crippen molar-refractivity contribution in [1.82, 2.24) is 5.32 Å². The first kappa shape index (κ1) is 21.3. The van der Waals surface area contributed by atoms with Crippen LogP contribution in [0.2, 0.25) is 0 Å². The van der Waals surface area contributed by atoms with E-state index in [0.29, 0.717) is 30.6 Å². The summed E-state index contributed by atoms with van der Waals surface area (Å²) in [7, 11) is -3.31. The lowest BCUT2D eigenvalue weighted by Gasteiger charge is -2.27. The van der Waals surface area contributed by atoms with Crippen LogP contribution in [0.4, 0.5) is 10.1 Å². The molecule has 2 aromatic carbocycles. The standard InChI is InChI=1S/C22H27FN2O3S/c1-22(2,3)15-20(16-8-10-18(23)11-9-16)24-21(26)17-6-4-7-19(14-17)25-12-5-13-29(25,27)28/h4,6-11,14,20H,5,12-13,15H2,1-3H3,(H,24,26)/t20-/m1/s1. The molecular weight excluding hydrogens is 391 g/mol. The number of halogens is 1. The van der Waals surface area contributed by atoms with Gasteiger partial charge in [-0.3, -0.25) is 9.10 Å². The fourth-order valence-electron chi connectivity index (χ4n) is 3.53. The van der Waals surface area contributed by atoms with Crippen molar-refractivity contribution in [2.45, 2.75) is 39.7 Å². The normalized spacial score (nSPS) is 17.2. The molecule has 1 fully saturated rings. The number of nitrogens with one attached hydrogen (secondary N) is 1. The van der Waals surface area contributed by atoms with Crippen LogP contribution in [0.15, 0.2) is 48.5 Å². The summed E-state index contributed by atoms with van der Waals surface area (Å²) in [6.07, 6.45) is 1.25. The number of amides is 1. The summed E-state index contributed by atoms with van der Waals surface area (Å²) in [4.78, 5) is 13.0. The van der Waals surface area contributed by atoms with Gasteiger partial charge in [0.15, 0.2) is 0 Å². The van der Waals surface area contributed by atoms with Gasteiger partial charge in [-0.1, -0.05) is 39.0 Å². The van der Waals surface area contributed by atoms with Crippen molar-refractivity contribution in [2.24, 2.45) is 5.41 Å². The van der Waals surface area contributed by atoms with E-state index >= 15 is 0 Å². The second-order valence-electron chi connectivity index (χ2n) is 8.63. The average molecular weight is 419 g/mol. The third-order valence-electron chi connectivity index (χ3n) is 4.89. The second-order valence-corrected chi connectivity index (χ2v) is 10.6. The number of anilines is 1. The van der Waals surface area contributed by atoms with Gasteiger partial charge in [0, 0.05) is 12.1 Å². The first-order valence-corrected chi connectivity index (χ1v) is 11.3. The number of nitrogens with zero attached hydrogens (tertiary/aromatic N) is 1. The van der Waals surface area contributed by atoms with Crippen LogP contribution in [-0.4, -0.2) is 26.6 Å². The monoisotopic (exact) mass is 418 g/mol. The molecule has 7 heteroatoms. The minimum Gasteiger partial charge on any atom is -0.345 e. The SMILES string of the molecule is CC(C)(C)C[C@@H](NC(=O)c1cccc(N2CCCS2(=O)=O)c1)c1ccc(F)cc1. The Bertz CT molecular complexity index is 982. The molecule has 2 aromatic rings. The van der Waals surface area contributed by atoms with Crippen molar-refractivity contribution in [1.29, 1.82) is 0 Å². The van der Waals surface area contributed by atoms with Crippen LogP contribution in [0.1, 0.15) is 55.6 Å². The number of benzene rings is 2. The third kappa shape index (κ3) is 5.35. The zero-order valence-electron chi connectivity index (χ0n) is 17.0. The smallest absolute Gasteiger partial charge is 0.251 e. The third-order valence-corrected chi connectivity index (χ3v) is 6.76. The second kappa shape index (κ2) is 8.14. The Morgan fingerprint density at radius 3 is 2.45 bits per heavy atom. The molecule has 3 rings (SSSR count). The van der Waals surface area contributed by atoms with Gasteiger partial charge < -0.3 is 5.32 Å². The van der Waals surface area contributed by atoms with Crippen LogP contribution in [0.25, 0.3) is 0 Å². The highest BCUT2D eigenvalue weighted by Crippen LogP contribution is 2.30. The van der Waals surface area contributed by atoms with Gasteiger partial charge in [-0.15, -0.1) is 0 Å². The van der Waals surface area contributed by atoms with Gasteiger partial charge in [0.25, 0.3) is 5.91 Å². The van der Waals surface area contributed by atoms with Crippen molar-refractivity contribution in [3.05, 3.63) is 65.5 Å². The van der Waals surface area contributed by atoms with Gasteiger partial charge in [-0.05, 0) is 54.2 Å². The summed E-state index contributed by atoms with van der Waals surface area (Å²) in [6.45, 7) is 6.66. The predicted molar refractivity (Wildman–Crippen MR) is 113 cm³/mol. The lowest BCUT2D eigenvalue weighted by molar-refractivity contribution is 0.0926. The molecule has 0 aromatic heterocycles. The molecule has 0 spiro atoms. The minimum atomic E-state index is -3.31. The Balaban J connectivity index is 1.84. The molecule has 1 N–H and O–H groups in total. The van der Waals surface area contributed by atoms with E-state index in [1.165, 1.54) is 16.4 Å². The van der Waals surface area contributed by atoms with Crippen LogP contribution in [0.5, 0.6) is 0 Å². The van der Waals surface area contributed by atoms with Crippen LogP contribution in [-0.2, 0) is 10.0 Å². The van der Waals surface area contributed by atoms with E-state index in [4.69, 9.17) is 0 Å². The van der Waals surface area contributed by atoms with E-state index in [-0.39, 0.29) is 28.9 Å². The molecule has 156 valence electrons. The van der Waals surface area contributed by atoms with Crippen LogP contribution in [0, 0.1) is 11.2 Å².